The number of alkyl halides is 1. The molecule has 2 bridgehead atoms. The molecule has 0 aliphatic heterocycles. The number of primary amides is 1. The van der Waals surface area contributed by atoms with E-state index in [0.717, 1.165) is 0 Å². The fourth-order valence-electron chi connectivity index (χ4n) is 6.22. The van der Waals surface area contributed by atoms with Crippen LogP contribution >= 0.6 is 23.2 Å². The largest absolute Gasteiger partial charge is 0.393 e. The fourth-order valence-corrected chi connectivity index (χ4v) is 6.65. The molecule has 3 atom stereocenters. The molecule has 0 spiro atoms. The number of benzene rings is 1. The number of halogens is 4. The van der Waals surface area contributed by atoms with Crippen molar-refractivity contribution in [1.29, 1.82) is 0 Å². The Labute approximate surface area is 167 Å². The summed E-state index contributed by atoms with van der Waals surface area (Å²) in [7, 11) is 0. The lowest BCUT2D eigenvalue weighted by molar-refractivity contribution is -0.132. The summed E-state index contributed by atoms with van der Waals surface area (Å²) in [6.45, 7) is 0. The zero-order chi connectivity index (χ0) is 19.6. The summed E-state index contributed by atoms with van der Waals surface area (Å²) in [5.41, 5.74) is 2.96. The van der Waals surface area contributed by atoms with Crippen LogP contribution in [0.3, 0.4) is 0 Å². The summed E-state index contributed by atoms with van der Waals surface area (Å²) in [5, 5.41) is 10.5. The number of fused-ring (bicyclic) bond motifs is 2. The first-order valence-electron chi connectivity index (χ1n) is 9.43. The molecule has 1 amide bonds. The number of aliphatic hydroxyl groups is 1. The molecule has 3 fully saturated rings. The molecular formula is C20H23Cl2F2NO2. The number of hydrogen-bond acceptors (Lipinski definition) is 2. The predicted molar refractivity (Wildman–Crippen MR) is 100 cm³/mol. The van der Waals surface area contributed by atoms with Gasteiger partial charge in [0.2, 0.25) is 5.91 Å². The van der Waals surface area contributed by atoms with E-state index in [1.54, 1.807) is 0 Å². The molecule has 148 valence electrons. The Kier molecular flexibility index (Phi) is 4.53. The molecule has 2 unspecified atom stereocenters. The van der Waals surface area contributed by atoms with Crippen LogP contribution in [0.15, 0.2) is 12.1 Å². The van der Waals surface area contributed by atoms with Gasteiger partial charge in [0.25, 0.3) is 0 Å². The standard InChI is InChI=1S/C20H23Cl2F2NO2/c21-12-1-2-13(23)14(15(12)22)16(18-5-7-19(24,10-18)8-6-18)20(17(25)27)4-3-11(26)9-20/h1-2,11,16,26H,3-10H2,(H2,25,27)/t11?,16-,18?,19?,20?/m0/s1. The van der Waals surface area contributed by atoms with E-state index in [0.29, 0.717) is 38.5 Å². The van der Waals surface area contributed by atoms with Crippen molar-refractivity contribution in [3.63, 3.8) is 0 Å². The molecule has 0 aromatic heterocycles. The van der Waals surface area contributed by atoms with Crippen molar-refractivity contribution in [1.82, 2.24) is 0 Å². The van der Waals surface area contributed by atoms with Crippen LogP contribution in [0.2, 0.25) is 10.0 Å². The lowest BCUT2D eigenvalue weighted by Crippen LogP contribution is -2.47. The van der Waals surface area contributed by atoms with Crippen LogP contribution in [0.5, 0.6) is 0 Å². The lowest BCUT2D eigenvalue weighted by atomic mass is 9.56. The van der Waals surface area contributed by atoms with Gasteiger partial charge in [0.15, 0.2) is 0 Å². The third-order valence-corrected chi connectivity index (χ3v) is 8.18. The molecule has 1 aromatic carbocycles. The van der Waals surface area contributed by atoms with Gasteiger partial charge in [0.1, 0.15) is 11.5 Å². The molecule has 4 rings (SSSR count). The Morgan fingerprint density at radius 3 is 2.37 bits per heavy atom. The topological polar surface area (TPSA) is 63.3 Å². The van der Waals surface area contributed by atoms with Gasteiger partial charge in [-0.05, 0) is 68.9 Å². The normalized spacial score (nSPS) is 39.1. The van der Waals surface area contributed by atoms with E-state index in [2.05, 4.69) is 0 Å². The van der Waals surface area contributed by atoms with Crippen LogP contribution in [0.4, 0.5) is 8.78 Å². The Bertz CT molecular complexity index is 794. The quantitative estimate of drug-likeness (QED) is 0.683. The van der Waals surface area contributed by atoms with Crippen molar-refractivity contribution in [3.8, 4) is 0 Å². The maximum Gasteiger partial charge on any atom is 0.224 e. The minimum atomic E-state index is -1.28. The number of hydrogen-bond donors (Lipinski definition) is 2. The van der Waals surface area contributed by atoms with Gasteiger partial charge in [0.05, 0.1) is 21.6 Å². The molecule has 3 aliphatic rings. The molecule has 0 radical (unpaired) electrons. The van der Waals surface area contributed by atoms with E-state index in [9.17, 15) is 9.90 Å². The highest BCUT2D eigenvalue weighted by molar-refractivity contribution is 6.42. The molecular weight excluding hydrogens is 395 g/mol. The van der Waals surface area contributed by atoms with Crippen LogP contribution in [-0.4, -0.2) is 22.8 Å². The smallest absolute Gasteiger partial charge is 0.224 e. The molecule has 3 nitrogen and oxygen atoms in total. The summed E-state index contributed by atoms with van der Waals surface area (Å²) in [6.07, 6.45) is 2.29. The van der Waals surface area contributed by atoms with E-state index in [1.807, 2.05) is 0 Å². The number of rotatable bonds is 4. The molecule has 0 heterocycles. The predicted octanol–water partition coefficient (Wildman–Crippen LogP) is 4.91. The minimum absolute atomic E-state index is 0.0568. The summed E-state index contributed by atoms with van der Waals surface area (Å²) in [5.74, 6) is -1.85. The van der Waals surface area contributed by atoms with Gasteiger partial charge in [-0.25, -0.2) is 8.78 Å². The Morgan fingerprint density at radius 2 is 1.89 bits per heavy atom. The number of carbonyl (C=O) groups is 1. The maximum atomic E-state index is 15.1. The third-order valence-electron chi connectivity index (χ3n) is 7.36. The Balaban J connectivity index is 1.95. The van der Waals surface area contributed by atoms with Crippen LogP contribution in [0, 0.1) is 16.6 Å². The Morgan fingerprint density at radius 1 is 1.22 bits per heavy atom. The van der Waals surface area contributed by atoms with Crippen molar-refractivity contribution < 1.29 is 18.7 Å². The van der Waals surface area contributed by atoms with Crippen molar-refractivity contribution in [3.05, 3.63) is 33.6 Å². The van der Waals surface area contributed by atoms with Gasteiger partial charge in [-0.15, -0.1) is 0 Å². The first kappa shape index (κ1) is 19.4. The third kappa shape index (κ3) is 2.80. The molecule has 7 heteroatoms. The van der Waals surface area contributed by atoms with Crippen molar-refractivity contribution in [2.75, 3.05) is 0 Å². The SMILES string of the molecule is NC(=O)C1([C@@H](c2c(F)ccc(Cl)c2Cl)C23CCC(F)(CC2)C3)CCC(O)C1. The molecule has 27 heavy (non-hydrogen) atoms. The monoisotopic (exact) mass is 417 g/mol. The first-order valence-corrected chi connectivity index (χ1v) is 10.2. The average Bonchev–Trinajstić information content (AvgIpc) is 3.26. The van der Waals surface area contributed by atoms with Gasteiger partial charge in [-0.1, -0.05) is 23.2 Å². The van der Waals surface area contributed by atoms with Gasteiger partial charge < -0.3 is 10.8 Å². The van der Waals surface area contributed by atoms with Gasteiger partial charge in [-0.3, -0.25) is 4.79 Å². The summed E-state index contributed by atoms with van der Waals surface area (Å²) in [6, 6.07) is 2.61. The van der Waals surface area contributed by atoms with Gasteiger partial charge in [0, 0.05) is 11.5 Å². The zero-order valence-corrected chi connectivity index (χ0v) is 16.4. The number of aliphatic hydroxyl groups excluding tert-OH is 1. The number of nitrogens with two attached hydrogens (primary N) is 1. The van der Waals surface area contributed by atoms with Crippen LogP contribution < -0.4 is 5.73 Å². The van der Waals surface area contributed by atoms with E-state index < -0.39 is 40.2 Å². The first-order chi connectivity index (χ1) is 12.6. The van der Waals surface area contributed by atoms with E-state index in [4.69, 9.17) is 28.9 Å². The average molecular weight is 418 g/mol. The second-order valence-electron chi connectivity index (χ2n) is 8.80. The second-order valence-corrected chi connectivity index (χ2v) is 9.58. The van der Waals surface area contributed by atoms with Gasteiger partial charge in [-0.2, -0.15) is 0 Å². The zero-order valence-electron chi connectivity index (χ0n) is 14.9. The van der Waals surface area contributed by atoms with Gasteiger partial charge >= 0.3 is 0 Å². The highest BCUT2D eigenvalue weighted by Crippen LogP contribution is 2.70. The van der Waals surface area contributed by atoms with E-state index in [1.165, 1.54) is 12.1 Å². The minimum Gasteiger partial charge on any atom is -0.393 e. The molecule has 3 N–H and O–H groups in total. The number of amides is 1. The summed E-state index contributed by atoms with van der Waals surface area (Å²) >= 11 is 12.6. The van der Waals surface area contributed by atoms with Crippen LogP contribution in [-0.2, 0) is 4.79 Å². The molecule has 1 aromatic rings. The maximum absolute atomic E-state index is 15.1. The van der Waals surface area contributed by atoms with Crippen molar-refractivity contribution in [2.24, 2.45) is 16.6 Å². The highest BCUT2D eigenvalue weighted by atomic mass is 35.5. The lowest BCUT2D eigenvalue weighted by Gasteiger charge is -2.46. The highest BCUT2D eigenvalue weighted by Gasteiger charge is 2.65. The van der Waals surface area contributed by atoms with Crippen molar-refractivity contribution in [2.45, 2.75) is 69.1 Å². The molecule has 3 saturated carbocycles. The summed E-state index contributed by atoms with van der Waals surface area (Å²) in [4.78, 5) is 12.7. The number of carbonyl (C=O) groups excluding carboxylic acids is 1. The van der Waals surface area contributed by atoms with E-state index >= 15 is 8.78 Å². The van der Waals surface area contributed by atoms with Crippen LogP contribution in [0.1, 0.15) is 62.8 Å². The molecule has 0 saturated heterocycles. The summed E-state index contributed by atoms with van der Waals surface area (Å²) < 4.78 is 30.1. The Hall–Kier alpha value is -0.910. The second kappa shape index (κ2) is 6.30. The van der Waals surface area contributed by atoms with Crippen molar-refractivity contribution >= 4 is 29.1 Å². The van der Waals surface area contributed by atoms with Crippen LogP contribution in [0.25, 0.3) is 0 Å². The van der Waals surface area contributed by atoms with E-state index in [-0.39, 0.29) is 28.5 Å². The fraction of sp³-hybridized carbons (Fsp3) is 0.650. The molecule has 3 aliphatic carbocycles.